The van der Waals surface area contributed by atoms with Gasteiger partial charge in [0, 0.05) is 6.54 Å². The van der Waals surface area contributed by atoms with Gasteiger partial charge in [0.25, 0.3) is 0 Å². The molecule has 0 aliphatic carbocycles. The average Bonchev–Trinajstić information content (AvgIpc) is 2.14. The molecule has 8 heavy (non-hydrogen) atoms. The number of carbonyl (C=O) groups excluding carboxylic acids is 1. The fourth-order valence-electron chi connectivity index (χ4n) is 0.867. The van der Waals surface area contributed by atoms with Gasteiger partial charge in [0.2, 0.25) is 6.41 Å². The summed E-state index contributed by atoms with van der Waals surface area (Å²) in [5.41, 5.74) is 0. The average molecular weight is 178 g/mol. The molecule has 0 bridgehead atoms. The summed E-state index contributed by atoms with van der Waals surface area (Å²) in [6, 6.07) is 0. The highest BCUT2D eigenvalue weighted by atomic mass is 79.9. The highest BCUT2D eigenvalue weighted by molar-refractivity contribution is 9.09. The van der Waals surface area contributed by atoms with Gasteiger partial charge in [-0.1, -0.05) is 15.9 Å². The minimum atomic E-state index is 0.306. The summed E-state index contributed by atoms with van der Waals surface area (Å²) in [5.74, 6) is 0. The number of hydrogen-bond donors (Lipinski definition) is 0. The first-order chi connectivity index (χ1) is 3.84. The van der Waals surface area contributed by atoms with Crippen molar-refractivity contribution in [3.63, 3.8) is 0 Å². The lowest BCUT2D eigenvalue weighted by Crippen LogP contribution is -2.22. The maximum Gasteiger partial charge on any atom is 0.210 e. The van der Waals surface area contributed by atoms with Crippen molar-refractivity contribution in [3.05, 3.63) is 0 Å². The zero-order valence-corrected chi connectivity index (χ0v) is 6.10. The molecule has 2 nitrogen and oxygen atoms in total. The third kappa shape index (κ3) is 1.02. The summed E-state index contributed by atoms with van der Waals surface area (Å²) in [5, 5.41) is 0. The van der Waals surface area contributed by atoms with Gasteiger partial charge in [0.05, 0.1) is 4.95 Å². The van der Waals surface area contributed by atoms with E-state index in [2.05, 4.69) is 15.9 Å². The number of halogens is 1. The second-order valence-corrected chi connectivity index (χ2v) is 2.98. The van der Waals surface area contributed by atoms with Gasteiger partial charge in [-0.2, -0.15) is 0 Å². The molecule has 1 fully saturated rings. The molecule has 0 aromatic rings. The van der Waals surface area contributed by atoms with Crippen LogP contribution in [0.25, 0.3) is 0 Å². The van der Waals surface area contributed by atoms with E-state index in [9.17, 15) is 4.79 Å². The lowest BCUT2D eigenvalue weighted by Gasteiger charge is -2.11. The second kappa shape index (κ2) is 2.49. The van der Waals surface area contributed by atoms with Crippen LogP contribution in [0.3, 0.4) is 0 Å². The van der Waals surface area contributed by atoms with Gasteiger partial charge < -0.3 is 4.90 Å². The molecular formula is C5H8BrNO. The predicted molar refractivity (Wildman–Crippen MR) is 34.7 cm³/mol. The third-order valence-corrected chi connectivity index (χ3v) is 2.34. The van der Waals surface area contributed by atoms with E-state index in [1.165, 1.54) is 0 Å². The Morgan fingerprint density at radius 3 is 2.75 bits per heavy atom. The molecule has 0 radical (unpaired) electrons. The van der Waals surface area contributed by atoms with E-state index in [0.717, 1.165) is 25.8 Å². The normalized spacial score (nSPS) is 28.6. The third-order valence-electron chi connectivity index (χ3n) is 1.35. The van der Waals surface area contributed by atoms with Crippen molar-refractivity contribution in [2.24, 2.45) is 0 Å². The lowest BCUT2D eigenvalue weighted by atomic mass is 10.4. The van der Waals surface area contributed by atoms with Crippen molar-refractivity contribution in [1.82, 2.24) is 4.90 Å². The number of hydrogen-bond acceptors (Lipinski definition) is 1. The van der Waals surface area contributed by atoms with Crippen molar-refractivity contribution in [1.29, 1.82) is 0 Å². The molecular weight excluding hydrogens is 170 g/mol. The minimum absolute atomic E-state index is 0.306. The molecule has 0 N–H and O–H groups in total. The fourth-order valence-corrected chi connectivity index (χ4v) is 1.49. The van der Waals surface area contributed by atoms with Crippen LogP contribution >= 0.6 is 15.9 Å². The van der Waals surface area contributed by atoms with Crippen LogP contribution in [0.5, 0.6) is 0 Å². The minimum Gasteiger partial charge on any atom is -0.333 e. The van der Waals surface area contributed by atoms with Crippen molar-refractivity contribution in [2.45, 2.75) is 17.8 Å². The summed E-state index contributed by atoms with van der Waals surface area (Å²) in [7, 11) is 0. The molecule has 1 saturated heterocycles. The van der Waals surface area contributed by atoms with Gasteiger partial charge in [-0.3, -0.25) is 4.79 Å². The molecule has 1 rings (SSSR count). The highest BCUT2D eigenvalue weighted by Gasteiger charge is 2.18. The fraction of sp³-hybridized carbons (Fsp3) is 0.800. The van der Waals surface area contributed by atoms with Gasteiger partial charge in [-0.05, 0) is 12.8 Å². The second-order valence-electron chi connectivity index (χ2n) is 1.92. The smallest absolute Gasteiger partial charge is 0.210 e. The molecule has 0 saturated carbocycles. The Morgan fingerprint density at radius 1 is 1.75 bits per heavy atom. The monoisotopic (exact) mass is 177 g/mol. The predicted octanol–water partition coefficient (Wildman–Crippen LogP) is 0.960. The standard InChI is InChI=1S/C5H8BrNO/c6-5-2-1-3-7(5)4-8/h4-5H,1-3H2. The zero-order valence-electron chi connectivity index (χ0n) is 4.51. The number of likely N-dealkylation sites (tertiary alicyclic amines) is 1. The Bertz CT molecular complexity index is 96.4. The molecule has 3 heteroatoms. The van der Waals surface area contributed by atoms with E-state index >= 15 is 0 Å². The van der Waals surface area contributed by atoms with Crippen LogP contribution in [0.1, 0.15) is 12.8 Å². The Labute approximate surface area is 57.0 Å². The first kappa shape index (κ1) is 6.08. The van der Waals surface area contributed by atoms with E-state index in [1.807, 2.05) is 0 Å². The van der Waals surface area contributed by atoms with E-state index in [4.69, 9.17) is 0 Å². The van der Waals surface area contributed by atoms with Crippen LogP contribution in [0.2, 0.25) is 0 Å². The molecule has 1 amide bonds. The summed E-state index contributed by atoms with van der Waals surface area (Å²) in [6.45, 7) is 0.916. The van der Waals surface area contributed by atoms with Crippen LogP contribution in [-0.4, -0.2) is 22.8 Å². The molecule has 1 heterocycles. The molecule has 0 aromatic carbocycles. The zero-order chi connectivity index (χ0) is 5.98. The highest BCUT2D eigenvalue weighted by Crippen LogP contribution is 2.19. The molecule has 1 atom stereocenters. The summed E-state index contributed by atoms with van der Waals surface area (Å²) < 4.78 is 0. The Hall–Kier alpha value is -0.0500. The summed E-state index contributed by atoms with van der Waals surface area (Å²) in [6.07, 6.45) is 3.12. The van der Waals surface area contributed by atoms with Crippen molar-refractivity contribution >= 4 is 22.3 Å². The van der Waals surface area contributed by atoms with Gasteiger partial charge in [-0.25, -0.2) is 0 Å². The lowest BCUT2D eigenvalue weighted by molar-refractivity contribution is -0.117. The molecule has 1 aliphatic heterocycles. The first-order valence-corrected chi connectivity index (χ1v) is 3.61. The Balaban J connectivity index is 2.41. The van der Waals surface area contributed by atoms with E-state index in [0.29, 0.717) is 4.95 Å². The summed E-state index contributed by atoms with van der Waals surface area (Å²) >= 11 is 3.36. The van der Waals surface area contributed by atoms with Crippen LogP contribution in [-0.2, 0) is 4.79 Å². The van der Waals surface area contributed by atoms with Crippen LogP contribution in [0.15, 0.2) is 0 Å². The summed E-state index contributed by atoms with van der Waals surface area (Å²) in [4.78, 5) is 12.2. The maximum atomic E-state index is 10.1. The topological polar surface area (TPSA) is 20.3 Å². The van der Waals surface area contributed by atoms with Crippen molar-refractivity contribution in [2.75, 3.05) is 6.54 Å². The quantitative estimate of drug-likeness (QED) is 0.332. The maximum absolute atomic E-state index is 10.1. The Morgan fingerprint density at radius 2 is 2.50 bits per heavy atom. The van der Waals surface area contributed by atoms with Crippen LogP contribution < -0.4 is 0 Å². The first-order valence-electron chi connectivity index (χ1n) is 2.69. The van der Waals surface area contributed by atoms with Crippen LogP contribution in [0.4, 0.5) is 0 Å². The van der Waals surface area contributed by atoms with Crippen molar-refractivity contribution < 1.29 is 4.79 Å². The van der Waals surface area contributed by atoms with Crippen molar-refractivity contribution in [3.8, 4) is 0 Å². The number of nitrogens with zero attached hydrogens (tertiary/aromatic N) is 1. The van der Waals surface area contributed by atoms with Gasteiger partial charge >= 0.3 is 0 Å². The number of carbonyl (C=O) groups is 1. The molecule has 0 aromatic heterocycles. The van der Waals surface area contributed by atoms with Gasteiger partial charge in [0.1, 0.15) is 0 Å². The number of rotatable bonds is 1. The Kier molecular flexibility index (Phi) is 1.89. The van der Waals surface area contributed by atoms with Gasteiger partial charge in [0.15, 0.2) is 0 Å². The number of amides is 1. The van der Waals surface area contributed by atoms with Crippen LogP contribution in [0, 0.1) is 0 Å². The SMILES string of the molecule is O=CN1CCCC1Br. The number of alkyl halides is 1. The van der Waals surface area contributed by atoms with Gasteiger partial charge in [-0.15, -0.1) is 0 Å². The molecule has 0 spiro atoms. The molecule has 1 aliphatic rings. The van der Waals surface area contributed by atoms with E-state index in [-0.39, 0.29) is 0 Å². The molecule has 46 valence electrons. The largest absolute Gasteiger partial charge is 0.333 e. The van der Waals surface area contributed by atoms with E-state index in [1.54, 1.807) is 4.90 Å². The molecule has 1 unspecified atom stereocenters. The van der Waals surface area contributed by atoms with E-state index < -0.39 is 0 Å².